The Bertz CT molecular complexity index is 889. The van der Waals surface area contributed by atoms with Crippen molar-refractivity contribution in [3.05, 3.63) is 46.8 Å². The van der Waals surface area contributed by atoms with E-state index in [1.165, 1.54) is 18.0 Å². The third-order valence-corrected chi connectivity index (χ3v) is 6.00. The van der Waals surface area contributed by atoms with Crippen LogP contribution >= 0.6 is 11.8 Å². The SMILES string of the molecule is Cc1ncc(CO)c(CN2C(=O)CSC2c2ccc3c(c2)OCCO3)c1O. The minimum Gasteiger partial charge on any atom is -0.506 e. The molecule has 1 aromatic heterocycles. The molecule has 142 valence electrons. The molecule has 7 nitrogen and oxygen atoms in total. The summed E-state index contributed by atoms with van der Waals surface area (Å²) in [6.07, 6.45) is 1.54. The van der Waals surface area contributed by atoms with Crippen LogP contribution in [0.5, 0.6) is 17.2 Å². The number of aromatic nitrogens is 1. The van der Waals surface area contributed by atoms with Crippen LogP contribution in [0.3, 0.4) is 0 Å². The monoisotopic (exact) mass is 388 g/mol. The van der Waals surface area contributed by atoms with E-state index >= 15 is 0 Å². The van der Waals surface area contributed by atoms with E-state index < -0.39 is 0 Å². The third kappa shape index (κ3) is 3.30. The first-order valence-electron chi connectivity index (χ1n) is 8.66. The van der Waals surface area contributed by atoms with Crippen LogP contribution in [0.25, 0.3) is 0 Å². The van der Waals surface area contributed by atoms with Gasteiger partial charge in [0.05, 0.1) is 24.6 Å². The summed E-state index contributed by atoms with van der Waals surface area (Å²) in [5, 5.41) is 19.8. The van der Waals surface area contributed by atoms with Crippen molar-refractivity contribution in [2.24, 2.45) is 0 Å². The number of hydrogen-bond acceptors (Lipinski definition) is 7. The van der Waals surface area contributed by atoms with Crippen molar-refractivity contribution >= 4 is 17.7 Å². The number of benzene rings is 1. The number of aliphatic hydroxyl groups is 1. The first-order chi connectivity index (χ1) is 13.1. The van der Waals surface area contributed by atoms with E-state index in [0.717, 1.165) is 5.56 Å². The molecule has 0 aliphatic carbocycles. The number of nitrogens with zero attached hydrogens (tertiary/aromatic N) is 2. The van der Waals surface area contributed by atoms with Gasteiger partial charge in [0.25, 0.3) is 0 Å². The first kappa shape index (κ1) is 17.9. The zero-order valence-corrected chi connectivity index (χ0v) is 15.7. The highest BCUT2D eigenvalue weighted by Crippen LogP contribution is 2.43. The van der Waals surface area contributed by atoms with Crippen LogP contribution in [0.2, 0.25) is 0 Å². The van der Waals surface area contributed by atoms with Crippen LogP contribution in [-0.4, -0.2) is 45.0 Å². The Morgan fingerprint density at radius 2 is 2.07 bits per heavy atom. The molecule has 2 aliphatic heterocycles. The molecule has 0 bridgehead atoms. The third-order valence-electron chi connectivity index (χ3n) is 4.75. The number of carbonyl (C=O) groups is 1. The Morgan fingerprint density at radius 3 is 2.85 bits per heavy atom. The van der Waals surface area contributed by atoms with Gasteiger partial charge in [-0.3, -0.25) is 9.78 Å². The molecule has 1 fully saturated rings. The van der Waals surface area contributed by atoms with E-state index in [4.69, 9.17) is 9.47 Å². The molecular formula is C19H20N2O5S. The Balaban J connectivity index is 1.66. The van der Waals surface area contributed by atoms with Crippen LogP contribution in [0, 0.1) is 6.92 Å². The van der Waals surface area contributed by atoms with Gasteiger partial charge in [0, 0.05) is 17.3 Å². The Kier molecular flexibility index (Phi) is 4.84. The largest absolute Gasteiger partial charge is 0.506 e. The van der Waals surface area contributed by atoms with Gasteiger partial charge >= 0.3 is 0 Å². The van der Waals surface area contributed by atoms with Gasteiger partial charge in [0.1, 0.15) is 24.3 Å². The van der Waals surface area contributed by atoms with Gasteiger partial charge in [0.2, 0.25) is 5.91 Å². The minimum absolute atomic E-state index is 0.0161. The second-order valence-electron chi connectivity index (χ2n) is 6.44. The zero-order chi connectivity index (χ0) is 19.0. The lowest BCUT2D eigenvalue weighted by Gasteiger charge is -2.27. The quantitative estimate of drug-likeness (QED) is 0.829. The summed E-state index contributed by atoms with van der Waals surface area (Å²) in [6, 6.07) is 5.70. The fourth-order valence-electron chi connectivity index (χ4n) is 3.28. The molecule has 4 rings (SSSR count). The standard InChI is InChI=1S/C19H20N2O5S/c1-11-18(24)14(13(9-22)7-20-11)8-21-17(23)10-27-19(21)12-2-3-15-16(6-12)26-5-4-25-15/h2-3,6-7,19,22,24H,4-5,8-10H2,1H3. The predicted octanol–water partition coefficient (Wildman–Crippen LogP) is 2.13. The molecule has 2 N–H and O–H groups in total. The molecule has 0 spiro atoms. The molecule has 1 unspecified atom stereocenters. The highest BCUT2D eigenvalue weighted by molar-refractivity contribution is 8.00. The van der Waals surface area contributed by atoms with E-state index in [-0.39, 0.29) is 30.2 Å². The summed E-state index contributed by atoms with van der Waals surface area (Å²) in [4.78, 5) is 18.3. The van der Waals surface area contributed by atoms with Gasteiger partial charge in [-0.2, -0.15) is 0 Å². The van der Waals surface area contributed by atoms with Crippen LogP contribution in [0.4, 0.5) is 0 Å². The van der Waals surface area contributed by atoms with E-state index in [0.29, 0.717) is 47.3 Å². The van der Waals surface area contributed by atoms with Crippen molar-refractivity contribution in [3.63, 3.8) is 0 Å². The second-order valence-corrected chi connectivity index (χ2v) is 7.51. The van der Waals surface area contributed by atoms with E-state index in [2.05, 4.69) is 4.98 Å². The maximum Gasteiger partial charge on any atom is 0.234 e. The number of aromatic hydroxyl groups is 1. The van der Waals surface area contributed by atoms with Gasteiger partial charge < -0.3 is 24.6 Å². The smallest absolute Gasteiger partial charge is 0.234 e. The molecule has 1 aromatic carbocycles. The van der Waals surface area contributed by atoms with Crippen LogP contribution in [0.1, 0.15) is 27.8 Å². The Labute approximate surface area is 160 Å². The average molecular weight is 388 g/mol. The number of ether oxygens (including phenoxy) is 2. The number of aliphatic hydroxyl groups excluding tert-OH is 1. The minimum atomic E-state index is -0.250. The second kappa shape index (κ2) is 7.28. The summed E-state index contributed by atoms with van der Waals surface area (Å²) < 4.78 is 11.2. The van der Waals surface area contributed by atoms with E-state index in [9.17, 15) is 15.0 Å². The average Bonchev–Trinajstić information content (AvgIpc) is 3.05. The van der Waals surface area contributed by atoms with Gasteiger partial charge in [-0.25, -0.2) is 0 Å². The predicted molar refractivity (Wildman–Crippen MR) is 99.7 cm³/mol. The van der Waals surface area contributed by atoms with Crippen LogP contribution in [0.15, 0.2) is 24.4 Å². The molecule has 1 amide bonds. The molecule has 2 aliphatic rings. The van der Waals surface area contributed by atoms with E-state index in [1.807, 2.05) is 18.2 Å². The number of carbonyl (C=O) groups excluding carboxylic acids is 1. The number of aryl methyl sites for hydroxylation is 1. The summed E-state index contributed by atoms with van der Waals surface area (Å²) in [6.45, 7) is 2.68. The van der Waals surface area contributed by atoms with E-state index in [1.54, 1.807) is 11.8 Å². The highest BCUT2D eigenvalue weighted by Gasteiger charge is 2.34. The number of amides is 1. The molecule has 8 heteroatoms. The number of hydrogen-bond donors (Lipinski definition) is 2. The molecule has 27 heavy (non-hydrogen) atoms. The van der Waals surface area contributed by atoms with Crippen molar-refractivity contribution in [1.82, 2.24) is 9.88 Å². The van der Waals surface area contributed by atoms with Crippen molar-refractivity contribution in [2.45, 2.75) is 25.4 Å². The molecule has 3 heterocycles. The van der Waals surface area contributed by atoms with Crippen molar-refractivity contribution in [3.8, 4) is 17.2 Å². The molecular weight excluding hydrogens is 368 g/mol. The Hall–Kier alpha value is -2.45. The number of thioether (sulfide) groups is 1. The van der Waals surface area contributed by atoms with Gasteiger partial charge in [-0.15, -0.1) is 11.8 Å². The van der Waals surface area contributed by atoms with Gasteiger partial charge in [0.15, 0.2) is 11.5 Å². The number of pyridine rings is 1. The normalized spacial score (nSPS) is 18.8. The summed E-state index contributed by atoms with van der Waals surface area (Å²) in [5.74, 6) is 1.75. The number of fused-ring (bicyclic) bond motifs is 1. The van der Waals surface area contributed by atoms with Crippen LogP contribution in [-0.2, 0) is 17.9 Å². The molecule has 1 saturated heterocycles. The van der Waals surface area contributed by atoms with Crippen LogP contribution < -0.4 is 9.47 Å². The summed E-state index contributed by atoms with van der Waals surface area (Å²) >= 11 is 1.53. The van der Waals surface area contributed by atoms with Gasteiger partial charge in [-0.05, 0) is 24.6 Å². The lowest BCUT2D eigenvalue weighted by molar-refractivity contribution is -0.128. The fourth-order valence-corrected chi connectivity index (χ4v) is 4.46. The summed E-state index contributed by atoms with van der Waals surface area (Å²) in [7, 11) is 0. The molecule has 0 saturated carbocycles. The zero-order valence-electron chi connectivity index (χ0n) is 14.8. The fraction of sp³-hybridized carbons (Fsp3) is 0.368. The molecule has 2 aromatic rings. The van der Waals surface area contributed by atoms with Crippen molar-refractivity contribution in [2.75, 3.05) is 19.0 Å². The molecule has 0 radical (unpaired) electrons. The Morgan fingerprint density at radius 1 is 1.30 bits per heavy atom. The first-order valence-corrected chi connectivity index (χ1v) is 9.71. The number of rotatable bonds is 4. The van der Waals surface area contributed by atoms with Gasteiger partial charge in [-0.1, -0.05) is 6.07 Å². The highest BCUT2D eigenvalue weighted by atomic mass is 32.2. The van der Waals surface area contributed by atoms with Crippen molar-refractivity contribution in [1.29, 1.82) is 0 Å². The van der Waals surface area contributed by atoms with Crippen molar-refractivity contribution < 1.29 is 24.5 Å². The maximum atomic E-state index is 12.5. The lowest BCUT2D eigenvalue weighted by Crippen LogP contribution is -2.28. The maximum absolute atomic E-state index is 12.5. The summed E-state index contributed by atoms with van der Waals surface area (Å²) in [5.41, 5.74) is 2.45. The topological polar surface area (TPSA) is 92.1 Å². The molecule has 1 atom stereocenters. The lowest BCUT2D eigenvalue weighted by atomic mass is 10.1.